The molecule has 0 amide bonds. The average Bonchev–Trinajstić information content (AvgIpc) is 2.62. The van der Waals surface area contributed by atoms with E-state index < -0.39 is 0 Å². The Bertz CT molecular complexity index is 407. The summed E-state index contributed by atoms with van der Waals surface area (Å²) < 4.78 is 4.91. The van der Waals surface area contributed by atoms with Gasteiger partial charge in [0.15, 0.2) is 0 Å². The Balaban J connectivity index is 2.49. The van der Waals surface area contributed by atoms with Crippen LogP contribution in [0.4, 0.5) is 0 Å². The third-order valence-electron chi connectivity index (χ3n) is 1.70. The van der Waals surface area contributed by atoms with Crippen molar-refractivity contribution in [3.05, 3.63) is 46.8 Å². The van der Waals surface area contributed by atoms with Gasteiger partial charge in [-0.1, -0.05) is 29.3 Å². The smallest absolute Gasteiger partial charge is 0.0988 e. The molecule has 13 heavy (non-hydrogen) atoms. The lowest BCUT2D eigenvalue weighted by Crippen LogP contribution is -1.74. The van der Waals surface area contributed by atoms with Crippen molar-refractivity contribution in [3.63, 3.8) is 0 Å². The van der Waals surface area contributed by atoms with Crippen molar-refractivity contribution in [2.24, 2.45) is 0 Å². The number of hydrogen-bond acceptors (Lipinski definition) is 1. The zero-order chi connectivity index (χ0) is 9.26. The first-order valence-corrected chi connectivity index (χ1v) is 4.42. The van der Waals surface area contributed by atoms with E-state index in [-0.39, 0.29) is 0 Å². The molecule has 1 nitrogen and oxygen atoms in total. The van der Waals surface area contributed by atoms with Crippen molar-refractivity contribution in [1.82, 2.24) is 0 Å². The fraction of sp³-hybridized carbons (Fsp3) is 0. The lowest BCUT2D eigenvalue weighted by atomic mass is 10.1. The number of hydrogen-bond donors (Lipinski definition) is 0. The van der Waals surface area contributed by atoms with E-state index in [1.54, 1.807) is 18.4 Å². The molecule has 0 saturated carbocycles. The summed E-state index contributed by atoms with van der Waals surface area (Å²) >= 11 is 11.6. The molecule has 0 spiro atoms. The van der Waals surface area contributed by atoms with Crippen LogP contribution in [-0.2, 0) is 0 Å². The summed E-state index contributed by atoms with van der Waals surface area (Å²) in [5.41, 5.74) is 1.82. The van der Waals surface area contributed by atoms with Crippen molar-refractivity contribution in [2.45, 2.75) is 0 Å². The molecule has 0 fully saturated rings. The van der Waals surface area contributed by atoms with Crippen molar-refractivity contribution in [2.75, 3.05) is 0 Å². The first kappa shape index (κ1) is 8.67. The molecule has 0 aliphatic rings. The summed E-state index contributed by atoms with van der Waals surface area (Å²) in [6, 6.07) is 8.34. The molecule has 0 N–H and O–H groups in total. The average molecular weight is 212 g/mol. The van der Waals surface area contributed by atoms with Gasteiger partial charge in [-0.3, -0.25) is 0 Å². The molecule has 0 unspecified atom stereocenters. The molecular formula is C10H5Cl2O. The van der Waals surface area contributed by atoms with Crippen LogP contribution in [0.1, 0.15) is 0 Å². The van der Waals surface area contributed by atoms with Gasteiger partial charge in [0, 0.05) is 11.6 Å². The second kappa shape index (κ2) is 3.44. The number of furan rings is 1. The maximum atomic E-state index is 5.85. The molecule has 1 radical (unpaired) electrons. The lowest BCUT2D eigenvalue weighted by molar-refractivity contribution is 0.567. The first-order chi connectivity index (χ1) is 6.27. The van der Waals surface area contributed by atoms with Crippen LogP contribution in [-0.4, -0.2) is 0 Å². The zero-order valence-electron chi connectivity index (χ0n) is 6.55. The molecule has 0 aliphatic carbocycles. The van der Waals surface area contributed by atoms with Crippen LogP contribution >= 0.6 is 23.2 Å². The highest BCUT2D eigenvalue weighted by Gasteiger charge is 2.02. The van der Waals surface area contributed by atoms with Crippen LogP contribution in [0.3, 0.4) is 0 Å². The van der Waals surface area contributed by atoms with E-state index in [1.807, 2.05) is 6.07 Å². The molecule has 0 aliphatic heterocycles. The van der Waals surface area contributed by atoms with Gasteiger partial charge in [-0.15, -0.1) is 0 Å². The maximum Gasteiger partial charge on any atom is 0.0988 e. The Kier molecular flexibility index (Phi) is 2.30. The largest absolute Gasteiger partial charge is 0.471 e. The van der Waals surface area contributed by atoms with E-state index >= 15 is 0 Å². The van der Waals surface area contributed by atoms with Gasteiger partial charge in [-0.25, -0.2) is 0 Å². The van der Waals surface area contributed by atoms with E-state index in [9.17, 15) is 0 Å². The quantitative estimate of drug-likeness (QED) is 0.694. The number of halogens is 2. The third-order valence-corrected chi connectivity index (χ3v) is 2.44. The predicted molar refractivity (Wildman–Crippen MR) is 53.0 cm³/mol. The Labute approximate surface area is 85.9 Å². The maximum absolute atomic E-state index is 5.85. The summed E-state index contributed by atoms with van der Waals surface area (Å²) in [4.78, 5) is 0. The van der Waals surface area contributed by atoms with Crippen LogP contribution in [0.25, 0.3) is 11.1 Å². The lowest BCUT2D eigenvalue weighted by Gasteiger charge is -1.98. The van der Waals surface area contributed by atoms with Crippen LogP contribution in [0.15, 0.2) is 35.1 Å². The summed E-state index contributed by atoms with van der Waals surface area (Å²) in [5.74, 6) is 0. The molecule has 0 atom stereocenters. The van der Waals surface area contributed by atoms with Gasteiger partial charge in [-0.2, -0.15) is 0 Å². The summed E-state index contributed by atoms with van der Waals surface area (Å²) in [6.07, 6.45) is 3.11. The highest BCUT2D eigenvalue weighted by atomic mass is 35.5. The molecule has 3 heteroatoms. The third kappa shape index (κ3) is 1.71. The van der Waals surface area contributed by atoms with Crippen LogP contribution < -0.4 is 0 Å². The normalized spacial score (nSPS) is 10.3. The van der Waals surface area contributed by atoms with Crippen molar-refractivity contribution >= 4 is 23.2 Å². The van der Waals surface area contributed by atoms with Crippen molar-refractivity contribution in [1.29, 1.82) is 0 Å². The van der Waals surface area contributed by atoms with Gasteiger partial charge in [-0.05, 0) is 17.7 Å². The fourth-order valence-corrected chi connectivity index (χ4v) is 1.35. The summed E-state index contributed by atoms with van der Waals surface area (Å²) in [7, 11) is 0. The molecule has 1 aromatic carbocycles. The Hall–Kier alpha value is -0.920. The van der Waals surface area contributed by atoms with Crippen molar-refractivity contribution in [3.8, 4) is 11.1 Å². The van der Waals surface area contributed by atoms with Gasteiger partial charge in [0.1, 0.15) is 0 Å². The molecule has 1 heterocycles. The van der Waals surface area contributed by atoms with E-state index in [4.69, 9.17) is 27.6 Å². The Morgan fingerprint density at radius 3 is 2.62 bits per heavy atom. The molecule has 1 aromatic heterocycles. The van der Waals surface area contributed by atoms with Crippen LogP contribution in [0.5, 0.6) is 0 Å². The van der Waals surface area contributed by atoms with Gasteiger partial charge in [0.05, 0.1) is 22.6 Å². The first-order valence-electron chi connectivity index (χ1n) is 3.66. The Morgan fingerprint density at radius 2 is 2.00 bits per heavy atom. The monoisotopic (exact) mass is 211 g/mol. The van der Waals surface area contributed by atoms with Gasteiger partial charge >= 0.3 is 0 Å². The molecule has 0 bridgehead atoms. The highest BCUT2D eigenvalue weighted by Crippen LogP contribution is 2.28. The highest BCUT2D eigenvalue weighted by molar-refractivity contribution is 6.42. The Morgan fingerprint density at radius 1 is 1.15 bits per heavy atom. The summed E-state index contributed by atoms with van der Waals surface area (Å²) in [6.45, 7) is 0. The van der Waals surface area contributed by atoms with E-state index in [0.29, 0.717) is 10.0 Å². The fourth-order valence-electron chi connectivity index (χ4n) is 1.05. The molecule has 0 saturated heterocycles. The van der Waals surface area contributed by atoms with Gasteiger partial charge in [0.2, 0.25) is 0 Å². The minimum atomic E-state index is 0.536. The standard InChI is InChI=1S/C10H5Cl2O/c11-9-2-1-7(5-10(9)12)8-3-4-13-6-8/h1-2,4-6H. The molecule has 2 rings (SSSR count). The van der Waals surface area contributed by atoms with Crippen LogP contribution in [0.2, 0.25) is 10.0 Å². The van der Waals surface area contributed by atoms with E-state index in [1.165, 1.54) is 6.26 Å². The topological polar surface area (TPSA) is 13.1 Å². The predicted octanol–water partition coefficient (Wildman–Crippen LogP) is 4.05. The second-order valence-electron chi connectivity index (χ2n) is 2.56. The molecular weight excluding hydrogens is 207 g/mol. The number of rotatable bonds is 1. The number of benzene rings is 1. The van der Waals surface area contributed by atoms with Gasteiger partial charge in [0.25, 0.3) is 0 Å². The summed E-state index contributed by atoms with van der Waals surface area (Å²) in [5, 5.41) is 1.09. The van der Waals surface area contributed by atoms with E-state index in [2.05, 4.69) is 6.07 Å². The van der Waals surface area contributed by atoms with Crippen molar-refractivity contribution < 1.29 is 4.42 Å². The van der Waals surface area contributed by atoms with E-state index in [0.717, 1.165) is 11.1 Å². The van der Waals surface area contributed by atoms with Crippen LogP contribution in [0, 0.1) is 6.07 Å². The zero-order valence-corrected chi connectivity index (χ0v) is 8.06. The second-order valence-corrected chi connectivity index (χ2v) is 3.37. The van der Waals surface area contributed by atoms with Gasteiger partial charge < -0.3 is 4.42 Å². The SMILES string of the molecule is Clc1ccc(-c2[c]coc2)cc1Cl. The molecule has 2 aromatic rings. The molecule has 65 valence electrons. The minimum Gasteiger partial charge on any atom is -0.471 e. The minimum absolute atomic E-state index is 0.536.